The third-order valence-electron chi connectivity index (χ3n) is 4.07. The molecule has 3 rings (SSSR count). The van der Waals surface area contributed by atoms with E-state index in [1.807, 2.05) is 13.0 Å². The molecule has 1 aromatic carbocycles. The first-order chi connectivity index (χ1) is 10.5. The summed E-state index contributed by atoms with van der Waals surface area (Å²) in [5.41, 5.74) is 3.47. The van der Waals surface area contributed by atoms with Gasteiger partial charge in [-0.1, -0.05) is 38.1 Å². The van der Waals surface area contributed by atoms with E-state index in [2.05, 4.69) is 42.3 Å². The number of hydrogen-bond acceptors (Lipinski definition) is 3. The van der Waals surface area contributed by atoms with Crippen molar-refractivity contribution in [2.24, 2.45) is 5.92 Å². The van der Waals surface area contributed by atoms with Gasteiger partial charge in [-0.3, -0.25) is 4.79 Å². The summed E-state index contributed by atoms with van der Waals surface area (Å²) in [5, 5.41) is 4.25. The molecule has 0 saturated heterocycles. The molecular formula is C18H22N2OS. The summed E-state index contributed by atoms with van der Waals surface area (Å²) in [4.78, 5) is 17.9. The van der Waals surface area contributed by atoms with Crippen LogP contribution in [0.3, 0.4) is 0 Å². The summed E-state index contributed by atoms with van der Waals surface area (Å²) in [5.74, 6) is 0.579. The van der Waals surface area contributed by atoms with Crippen LogP contribution >= 0.6 is 11.3 Å². The highest BCUT2D eigenvalue weighted by Crippen LogP contribution is 2.31. The number of carbonyl (C=O) groups excluding carboxylic acids is 1. The molecule has 0 radical (unpaired) electrons. The Morgan fingerprint density at radius 2 is 2.18 bits per heavy atom. The van der Waals surface area contributed by atoms with Crippen LogP contribution in [0.5, 0.6) is 0 Å². The van der Waals surface area contributed by atoms with Gasteiger partial charge in [-0.25, -0.2) is 4.98 Å². The van der Waals surface area contributed by atoms with E-state index in [-0.39, 0.29) is 11.9 Å². The van der Waals surface area contributed by atoms with Crippen molar-refractivity contribution in [1.29, 1.82) is 0 Å². The fourth-order valence-electron chi connectivity index (χ4n) is 3.03. The van der Waals surface area contributed by atoms with Crippen molar-refractivity contribution in [3.63, 3.8) is 0 Å². The van der Waals surface area contributed by atoms with Gasteiger partial charge in [0.05, 0.1) is 16.7 Å². The van der Waals surface area contributed by atoms with Crippen LogP contribution in [0.25, 0.3) is 0 Å². The van der Waals surface area contributed by atoms with Crippen LogP contribution in [0.1, 0.15) is 57.8 Å². The monoisotopic (exact) mass is 314 g/mol. The van der Waals surface area contributed by atoms with Crippen molar-refractivity contribution < 1.29 is 4.79 Å². The van der Waals surface area contributed by atoms with Crippen molar-refractivity contribution in [2.75, 3.05) is 0 Å². The van der Waals surface area contributed by atoms with Gasteiger partial charge in [-0.15, -0.1) is 11.3 Å². The quantitative estimate of drug-likeness (QED) is 0.924. The molecule has 0 spiro atoms. The summed E-state index contributed by atoms with van der Waals surface area (Å²) in [6.07, 6.45) is 2.97. The van der Waals surface area contributed by atoms with E-state index in [1.54, 1.807) is 0 Å². The molecule has 1 aliphatic rings. The van der Waals surface area contributed by atoms with Crippen molar-refractivity contribution in [3.8, 4) is 0 Å². The second kappa shape index (κ2) is 6.21. The van der Waals surface area contributed by atoms with E-state index >= 15 is 0 Å². The van der Waals surface area contributed by atoms with Gasteiger partial charge in [-0.05, 0) is 36.8 Å². The largest absolute Gasteiger partial charge is 0.344 e. The maximum atomic E-state index is 12.6. The van der Waals surface area contributed by atoms with Crippen LogP contribution in [-0.2, 0) is 12.8 Å². The maximum Gasteiger partial charge on any atom is 0.263 e. The Balaban J connectivity index is 1.74. The Kier molecular flexibility index (Phi) is 4.30. The van der Waals surface area contributed by atoms with E-state index in [9.17, 15) is 4.79 Å². The predicted molar refractivity (Wildman–Crippen MR) is 90.4 cm³/mol. The smallest absolute Gasteiger partial charge is 0.263 e. The van der Waals surface area contributed by atoms with Gasteiger partial charge < -0.3 is 5.32 Å². The van der Waals surface area contributed by atoms with E-state index in [0.717, 1.165) is 34.8 Å². The lowest BCUT2D eigenvalue weighted by atomic mass is 10.1. The molecular weight excluding hydrogens is 292 g/mol. The van der Waals surface area contributed by atoms with Crippen LogP contribution in [-0.4, -0.2) is 10.9 Å². The molecule has 116 valence electrons. The van der Waals surface area contributed by atoms with E-state index in [4.69, 9.17) is 0 Å². The normalized spacial score (nSPS) is 16.8. The number of nitrogens with one attached hydrogen (secondary N) is 1. The SMILES string of the molecule is Cc1nc(CC(C)C)sc1C(=O)NC1CCc2ccccc21. The molecule has 0 fully saturated rings. The summed E-state index contributed by atoms with van der Waals surface area (Å²) >= 11 is 1.54. The molecule has 1 unspecified atom stereocenters. The third-order valence-corrected chi connectivity index (χ3v) is 5.25. The minimum absolute atomic E-state index is 0.0201. The molecule has 1 aliphatic carbocycles. The van der Waals surface area contributed by atoms with Gasteiger partial charge in [-0.2, -0.15) is 0 Å². The van der Waals surface area contributed by atoms with E-state index in [1.165, 1.54) is 22.5 Å². The van der Waals surface area contributed by atoms with Gasteiger partial charge in [0.25, 0.3) is 5.91 Å². The Morgan fingerprint density at radius 1 is 1.41 bits per heavy atom. The molecule has 1 N–H and O–H groups in total. The number of aromatic nitrogens is 1. The molecule has 22 heavy (non-hydrogen) atoms. The molecule has 1 heterocycles. The molecule has 0 aliphatic heterocycles. The van der Waals surface area contributed by atoms with Gasteiger partial charge in [0, 0.05) is 6.42 Å². The number of hydrogen-bond donors (Lipinski definition) is 1. The fourth-order valence-corrected chi connectivity index (χ4v) is 4.21. The topological polar surface area (TPSA) is 42.0 Å². The molecule has 1 atom stereocenters. The summed E-state index contributed by atoms with van der Waals surface area (Å²) < 4.78 is 0. The number of carbonyl (C=O) groups is 1. The van der Waals surface area contributed by atoms with Gasteiger partial charge in [0.2, 0.25) is 0 Å². The highest BCUT2D eigenvalue weighted by molar-refractivity contribution is 7.13. The van der Waals surface area contributed by atoms with E-state index in [0.29, 0.717) is 5.92 Å². The van der Waals surface area contributed by atoms with Crippen LogP contribution in [0.4, 0.5) is 0 Å². The zero-order chi connectivity index (χ0) is 15.7. The van der Waals surface area contributed by atoms with Crippen LogP contribution in [0.15, 0.2) is 24.3 Å². The number of rotatable bonds is 4. The minimum atomic E-state index is 0.0201. The molecule has 1 amide bonds. The van der Waals surface area contributed by atoms with E-state index < -0.39 is 0 Å². The molecule has 4 heteroatoms. The zero-order valence-corrected chi connectivity index (χ0v) is 14.2. The number of benzene rings is 1. The number of fused-ring (bicyclic) bond motifs is 1. The van der Waals surface area contributed by atoms with Gasteiger partial charge in [0.1, 0.15) is 4.88 Å². The number of thiazole rings is 1. The molecule has 3 nitrogen and oxygen atoms in total. The Labute approximate surface area is 135 Å². The first-order valence-electron chi connectivity index (χ1n) is 7.89. The number of amides is 1. The van der Waals surface area contributed by atoms with Gasteiger partial charge >= 0.3 is 0 Å². The average molecular weight is 314 g/mol. The third kappa shape index (κ3) is 3.07. The maximum absolute atomic E-state index is 12.6. The Bertz CT molecular complexity index is 690. The van der Waals surface area contributed by atoms with Crippen molar-refractivity contribution in [1.82, 2.24) is 10.3 Å². The molecule has 0 bridgehead atoms. The summed E-state index contributed by atoms with van der Waals surface area (Å²) in [7, 11) is 0. The molecule has 1 aromatic heterocycles. The standard InChI is InChI=1S/C18H22N2OS/c1-11(2)10-16-19-12(3)17(22-16)18(21)20-15-9-8-13-6-4-5-7-14(13)15/h4-7,11,15H,8-10H2,1-3H3,(H,20,21). The van der Waals surface area contributed by atoms with Crippen LogP contribution in [0.2, 0.25) is 0 Å². The average Bonchev–Trinajstić information content (AvgIpc) is 3.02. The Hall–Kier alpha value is -1.68. The summed E-state index contributed by atoms with van der Waals surface area (Å²) in [6.45, 7) is 6.27. The highest BCUT2D eigenvalue weighted by atomic mass is 32.1. The molecule has 0 saturated carbocycles. The fraction of sp³-hybridized carbons (Fsp3) is 0.444. The second-order valence-electron chi connectivity index (χ2n) is 6.38. The van der Waals surface area contributed by atoms with Crippen molar-refractivity contribution in [3.05, 3.63) is 51.0 Å². The lowest BCUT2D eigenvalue weighted by molar-refractivity contribution is 0.0940. The first kappa shape index (κ1) is 15.2. The lowest BCUT2D eigenvalue weighted by Gasteiger charge is -2.13. The van der Waals surface area contributed by atoms with Crippen molar-refractivity contribution >= 4 is 17.2 Å². The van der Waals surface area contributed by atoms with Crippen molar-refractivity contribution in [2.45, 2.75) is 46.1 Å². The highest BCUT2D eigenvalue weighted by Gasteiger charge is 2.25. The minimum Gasteiger partial charge on any atom is -0.344 e. The second-order valence-corrected chi connectivity index (χ2v) is 7.47. The Morgan fingerprint density at radius 3 is 2.95 bits per heavy atom. The van der Waals surface area contributed by atoms with Gasteiger partial charge in [0.15, 0.2) is 0 Å². The predicted octanol–water partition coefficient (Wildman–Crippen LogP) is 4.07. The lowest BCUT2D eigenvalue weighted by Crippen LogP contribution is -2.26. The van der Waals surface area contributed by atoms with Crippen LogP contribution < -0.4 is 5.32 Å². The first-order valence-corrected chi connectivity index (χ1v) is 8.71. The number of nitrogens with zero attached hydrogens (tertiary/aromatic N) is 1. The van der Waals surface area contributed by atoms with Crippen LogP contribution in [0, 0.1) is 12.8 Å². The summed E-state index contributed by atoms with van der Waals surface area (Å²) in [6, 6.07) is 8.52. The molecule has 2 aromatic rings. The number of aryl methyl sites for hydroxylation is 2. The zero-order valence-electron chi connectivity index (χ0n) is 13.3.